The predicted octanol–water partition coefficient (Wildman–Crippen LogP) is 2.88. The number of likely N-dealkylation sites (tertiary alicyclic amines) is 1. The Bertz CT molecular complexity index is 738. The second kappa shape index (κ2) is 7.92. The number of piperidine rings is 1. The molecule has 1 N–H and O–H groups in total. The molecule has 130 valence electrons. The van der Waals surface area contributed by atoms with Gasteiger partial charge in [-0.25, -0.2) is 0 Å². The Labute approximate surface area is 148 Å². The Morgan fingerprint density at radius 2 is 1.88 bits per heavy atom. The Morgan fingerprint density at radius 3 is 2.60 bits per heavy atom. The number of amides is 2. The summed E-state index contributed by atoms with van der Waals surface area (Å²) in [5, 5.41) is 2.84. The Kier molecular flexibility index (Phi) is 5.43. The van der Waals surface area contributed by atoms with Crippen molar-refractivity contribution in [1.82, 2.24) is 15.2 Å². The molecule has 0 atom stereocenters. The van der Waals surface area contributed by atoms with Crippen molar-refractivity contribution >= 4 is 11.8 Å². The fourth-order valence-corrected chi connectivity index (χ4v) is 2.95. The maximum absolute atomic E-state index is 12.6. The third kappa shape index (κ3) is 4.44. The van der Waals surface area contributed by atoms with Crippen LogP contribution in [0.3, 0.4) is 0 Å². The molecule has 25 heavy (non-hydrogen) atoms. The number of hydrogen-bond acceptors (Lipinski definition) is 3. The van der Waals surface area contributed by atoms with Crippen LogP contribution in [0.15, 0.2) is 48.7 Å². The normalized spacial score (nSPS) is 15.0. The lowest BCUT2D eigenvalue weighted by atomic mass is 9.98. The van der Waals surface area contributed by atoms with Crippen LogP contribution in [0.2, 0.25) is 0 Å². The van der Waals surface area contributed by atoms with Gasteiger partial charge < -0.3 is 10.2 Å². The highest BCUT2D eigenvalue weighted by atomic mass is 16.2. The highest BCUT2D eigenvalue weighted by Gasteiger charge is 2.22. The smallest absolute Gasteiger partial charge is 0.270 e. The summed E-state index contributed by atoms with van der Waals surface area (Å²) in [5.74, 6) is 0.373. The minimum atomic E-state index is -0.272. The molecule has 3 rings (SSSR count). The molecule has 1 aliphatic rings. The summed E-state index contributed by atoms with van der Waals surface area (Å²) >= 11 is 0. The van der Waals surface area contributed by atoms with Crippen LogP contribution in [-0.2, 0) is 6.54 Å². The van der Waals surface area contributed by atoms with Gasteiger partial charge in [-0.15, -0.1) is 0 Å². The summed E-state index contributed by atoms with van der Waals surface area (Å²) in [6, 6.07) is 12.9. The molecule has 1 aliphatic heterocycles. The minimum Gasteiger partial charge on any atom is -0.347 e. The van der Waals surface area contributed by atoms with Crippen molar-refractivity contribution < 1.29 is 9.59 Å². The van der Waals surface area contributed by atoms with Crippen molar-refractivity contribution in [3.63, 3.8) is 0 Å². The SMILES string of the molecule is CC1CCN(C(=O)c2ccnc(C(=O)NCc3ccccc3)c2)CC1. The van der Waals surface area contributed by atoms with E-state index in [4.69, 9.17) is 0 Å². The number of carbonyl (C=O) groups is 2. The first-order valence-corrected chi connectivity index (χ1v) is 8.71. The molecule has 2 heterocycles. The highest BCUT2D eigenvalue weighted by molar-refractivity contribution is 5.98. The van der Waals surface area contributed by atoms with Crippen LogP contribution in [-0.4, -0.2) is 34.8 Å². The van der Waals surface area contributed by atoms with Crippen LogP contribution in [0.4, 0.5) is 0 Å². The fourth-order valence-electron chi connectivity index (χ4n) is 2.95. The molecule has 1 aromatic carbocycles. The maximum atomic E-state index is 12.6. The van der Waals surface area contributed by atoms with Crippen LogP contribution in [0.5, 0.6) is 0 Å². The van der Waals surface area contributed by atoms with Crippen molar-refractivity contribution in [3.05, 3.63) is 65.5 Å². The predicted molar refractivity (Wildman–Crippen MR) is 96.2 cm³/mol. The molecule has 1 saturated heterocycles. The Hall–Kier alpha value is -2.69. The molecular formula is C20H23N3O2. The molecule has 0 unspecified atom stereocenters. The average Bonchev–Trinajstić information content (AvgIpc) is 2.67. The molecule has 2 aromatic rings. The average molecular weight is 337 g/mol. The molecular weight excluding hydrogens is 314 g/mol. The van der Waals surface area contributed by atoms with E-state index in [-0.39, 0.29) is 17.5 Å². The van der Waals surface area contributed by atoms with Gasteiger partial charge in [-0.3, -0.25) is 14.6 Å². The van der Waals surface area contributed by atoms with Gasteiger partial charge in [-0.05, 0) is 36.5 Å². The summed E-state index contributed by atoms with van der Waals surface area (Å²) in [6.45, 7) is 4.20. The van der Waals surface area contributed by atoms with Gasteiger partial charge in [0.1, 0.15) is 5.69 Å². The van der Waals surface area contributed by atoms with Gasteiger partial charge in [0, 0.05) is 31.4 Å². The van der Waals surface area contributed by atoms with E-state index in [0.29, 0.717) is 18.0 Å². The Morgan fingerprint density at radius 1 is 1.16 bits per heavy atom. The van der Waals surface area contributed by atoms with Gasteiger partial charge in [-0.2, -0.15) is 0 Å². The van der Waals surface area contributed by atoms with E-state index in [1.807, 2.05) is 35.2 Å². The number of aromatic nitrogens is 1. The number of nitrogens with zero attached hydrogens (tertiary/aromatic N) is 2. The van der Waals surface area contributed by atoms with Crippen molar-refractivity contribution in [1.29, 1.82) is 0 Å². The van der Waals surface area contributed by atoms with E-state index in [1.54, 1.807) is 12.1 Å². The molecule has 0 radical (unpaired) electrons. The molecule has 0 aliphatic carbocycles. The van der Waals surface area contributed by atoms with Crippen LogP contribution < -0.4 is 5.32 Å². The van der Waals surface area contributed by atoms with Gasteiger partial charge in [0.2, 0.25) is 0 Å². The van der Waals surface area contributed by atoms with Crippen LogP contribution in [0.25, 0.3) is 0 Å². The first kappa shape index (κ1) is 17.1. The number of hydrogen-bond donors (Lipinski definition) is 1. The minimum absolute atomic E-state index is 0.0218. The van der Waals surface area contributed by atoms with Crippen LogP contribution >= 0.6 is 0 Å². The zero-order chi connectivity index (χ0) is 17.6. The number of benzene rings is 1. The third-order valence-corrected chi connectivity index (χ3v) is 4.61. The molecule has 1 aromatic heterocycles. The first-order chi connectivity index (χ1) is 12.1. The molecule has 1 fully saturated rings. The van der Waals surface area contributed by atoms with E-state index in [2.05, 4.69) is 17.2 Å². The molecule has 0 spiro atoms. The number of nitrogens with one attached hydrogen (secondary N) is 1. The lowest BCUT2D eigenvalue weighted by Crippen LogP contribution is -2.38. The summed E-state index contributed by atoms with van der Waals surface area (Å²) in [4.78, 5) is 30.9. The lowest BCUT2D eigenvalue weighted by molar-refractivity contribution is 0.0697. The van der Waals surface area contributed by atoms with Gasteiger partial charge in [0.05, 0.1) is 0 Å². The zero-order valence-electron chi connectivity index (χ0n) is 14.4. The largest absolute Gasteiger partial charge is 0.347 e. The summed E-state index contributed by atoms with van der Waals surface area (Å²) in [6.07, 6.45) is 3.58. The fraction of sp³-hybridized carbons (Fsp3) is 0.350. The quantitative estimate of drug-likeness (QED) is 0.933. The highest BCUT2D eigenvalue weighted by Crippen LogP contribution is 2.18. The number of pyridine rings is 1. The van der Waals surface area contributed by atoms with E-state index in [0.717, 1.165) is 31.5 Å². The lowest BCUT2D eigenvalue weighted by Gasteiger charge is -2.30. The van der Waals surface area contributed by atoms with Crippen molar-refractivity contribution in [3.8, 4) is 0 Å². The molecule has 5 heteroatoms. The van der Waals surface area contributed by atoms with Crippen molar-refractivity contribution in [2.75, 3.05) is 13.1 Å². The summed E-state index contributed by atoms with van der Waals surface area (Å²) in [7, 11) is 0. The van der Waals surface area contributed by atoms with Crippen molar-refractivity contribution in [2.45, 2.75) is 26.3 Å². The van der Waals surface area contributed by atoms with Gasteiger partial charge >= 0.3 is 0 Å². The second-order valence-corrected chi connectivity index (χ2v) is 6.57. The molecule has 0 saturated carbocycles. The second-order valence-electron chi connectivity index (χ2n) is 6.57. The topological polar surface area (TPSA) is 62.3 Å². The number of rotatable bonds is 4. The molecule has 0 bridgehead atoms. The van der Waals surface area contributed by atoms with Gasteiger partial charge in [0.25, 0.3) is 11.8 Å². The number of carbonyl (C=O) groups excluding carboxylic acids is 2. The molecule has 5 nitrogen and oxygen atoms in total. The van der Waals surface area contributed by atoms with E-state index in [9.17, 15) is 9.59 Å². The molecule has 2 amide bonds. The Balaban J connectivity index is 1.64. The van der Waals surface area contributed by atoms with Crippen LogP contribution in [0.1, 0.15) is 46.2 Å². The standard InChI is InChI=1S/C20H23N3O2/c1-15-8-11-23(12-9-15)20(25)17-7-10-21-18(13-17)19(24)22-14-16-5-3-2-4-6-16/h2-7,10,13,15H,8-9,11-12,14H2,1H3,(H,22,24). The summed E-state index contributed by atoms with van der Waals surface area (Å²) in [5.41, 5.74) is 1.81. The first-order valence-electron chi connectivity index (χ1n) is 8.71. The van der Waals surface area contributed by atoms with Gasteiger partial charge in [0.15, 0.2) is 0 Å². The van der Waals surface area contributed by atoms with Crippen molar-refractivity contribution in [2.24, 2.45) is 5.92 Å². The van der Waals surface area contributed by atoms with E-state index >= 15 is 0 Å². The maximum Gasteiger partial charge on any atom is 0.270 e. The third-order valence-electron chi connectivity index (χ3n) is 4.61. The summed E-state index contributed by atoms with van der Waals surface area (Å²) < 4.78 is 0. The van der Waals surface area contributed by atoms with Crippen LogP contribution in [0, 0.1) is 5.92 Å². The van der Waals surface area contributed by atoms with E-state index in [1.165, 1.54) is 6.20 Å². The van der Waals surface area contributed by atoms with Gasteiger partial charge in [-0.1, -0.05) is 37.3 Å². The van der Waals surface area contributed by atoms with E-state index < -0.39 is 0 Å². The monoisotopic (exact) mass is 337 g/mol. The zero-order valence-corrected chi connectivity index (χ0v) is 14.4.